The van der Waals surface area contributed by atoms with Crippen molar-refractivity contribution < 1.29 is 17.6 Å². The highest BCUT2D eigenvalue weighted by Gasteiger charge is 2.27. The van der Waals surface area contributed by atoms with Crippen molar-refractivity contribution in [3.63, 3.8) is 0 Å². The fraction of sp³-hybridized carbons (Fsp3) is 0.600. The van der Waals surface area contributed by atoms with E-state index >= 15 is 0 Å². The lowest BCUT2D eigenvalue weighted by Gasteiger charge is -2.30. The van der Waals surface area contributed by atoms with Crippen LogP contribution >= 0.6 is 0 Å². The molecule has 0 saturated carbocycles. The zero-order chi connectivity index (χ0) is 20.6. The standard InChI is InChI=1S/C20H27N3O5S/c1-15-6-5-9-21(13-15)19(24)14-23-17-8-7-16(12-18(17)28-20(23)25)29(26,27)22-10-3-2-4-11-22/h7-8,12,15H,2-6,9-11,13-14H2,1H3/t15-/m0/s1. The molecule has 2 aromatic rings. The molecule has 0 unspecified atom stereocenters. The van der Waals surface area contributed by atoms with Crippen molar-refractivity contribution in [3.8, 4) is 0 Å². The number of nitrogens with zero attached hydrogens (tertiary/aromatic N) is 3. The molecule has 2 aliphatic rings. The highest BCUT2D eigenvalue weighted by atomic mass is 32.2. The van der Waals surface area contributed by atoms with Crippen molar-refractivity contribution in [2.75, 3.05) is 26.2 Å². The first-order valence-corrected chi connectivity index (χ1v) is 11.7. The number of carbonyl (C=O) groups excluding carboxylic acids is 1. The summed E-state index contributed by atoms with van der Waals surface area (Å²) >= 11 is 0. The number of oxazole rings is 1. The molecule has 0 N–H and O–H groups in total. The van der Waals surface area contributed by atoms with Crippen LogP contribution in [-0.2, 0) is 21.4 Å². The first-order chi connectivity index (χ1) is 13.9. The monoisotopic (exact) mass is 421 g/mol. The number of amides is 1. The molecule has 9 heteroatoms. The largest absolute Gasteiger partial charge is 0.420 e. The van der Waals surface area contributed by atoms with Crippen molar-refractivity contribution >= 4 is 27.0 Å². The molecule has 0 bridgehead atoms. The Hall–Kier alpha value is -2.13. The van der Waals surface area contributed by atoms with Gasteiger partial charge in [-0.15, -0.1) is 0 Å². The molecular formula is C20H27N3O5S. The SMILES string of the molecule is C[C@H]1CCCN(C(=O)Cn2c(=O)oc3cc(S(=O)(=O)N4CCCCC4)ccc32)C1. The molecule has 2 fully saturated rings. The number of rotatable bonds is 4. The molecule has 1 aromatic heterocycles. The summed E-state index contributed by atoms with van der Waals surface area (Å²) in [4.78, 5) is 26.9. The van der Waals surface area contributed by atoms with Crippen LogP contribution in [0.15, 0.2) is 32.3 Å². The first-order valence-electron chi connectivity index (χ1n) is 10.3. The first kappa shape index (κ1) is 20.2. The minimum Gasteiger partial charge on any atom is -0.408 e. The zero-order valence-corrected chi connectivity index (χ0v) is 17.5. The summed E-state index contributed by atoms with van der Waals surface area (Å²) in [7, 11) is -3.62. The lowest BCUT2D eigenvalue weighted by Crippen LogP contribution is -2.41. The highest BCUT2D eigenvalue weighted by Crippen LogP contribution is 2.24. The smallest absolute Gasteiger partial charge is 0.408 e. The minimum absolute atomic E-state index is 0.100. The van der Waals surface area contributed by atoms with Gasteiger partial charge in [0, 0.05) is 32.2 Å². The van der Waals surface area contributed by atoms with E-state index in [1.807, 2.05) is 0 Å². The van der Waals surface area contributed by atoms with Crippen molar-refractivity contribution in [1.29, 1.82) is 0 Å². The molecule has 1 aromatic carbocycles. The summed E-state index contributed by atoms with van der Waals surface area (Å²) in [6.07, 6.45) is 4.80. The number of benzene rings is 1. The molecule has 4 rings (SSSR count). The summed E-state index contributed by atoms with van der Waals surface area (Å²) in [5.41, 5.74) is 0.624. The van der Waals surface area contributed by atoms with Gasteiger partial charge in [-0.2, -0.15) is 4.31 Å². The van der Waals surface area contributed by atoms with Crippen molar-refractivity contribution in [1.82, 2.24) is 13.8 Å². The van der Waals surface area contributed by atoms with Gasteiger partial charge >= 0.3 is 5.76 Å². The summed E-state index contributed by atoms with van der Waals surface area (Å²) in [5.74, 6) is -0.314. The van der Waals surface area contributed by atoms with E-state index in [0.717, 1.165) is 32.1 Å². The number of hydrogen-bond donors (Lipinski definition) is 0. The molecule has 8 nitrogen and oxygen atoms in total. The Bertz CT molecular complexity index is 1070. The van der Waals surface area contributed by atoms with Gasteiger partial charge in [0.05, 0.1) is 10.4 Å². The van der Waals surface area contributed by atoms with Gasteiger partial charge in [0.15, 0.2) is 5.58 Å². The summed E-state index contributed by atoms with van der Waals surface area (Å²) in [5, 5.41) is 0. The van der Waals surface area contributed by atoms with Crippen LogP contribution in [0, 0.1) is 5.92 Å². The lowest BCUT2D eigenvalue weighted by atomic mass is 10.0. The average Bonchev–Trinajstić information content (AvgIpc) is 3.03. The zero-order valence-electron chi connectivity index (χ0n) is 16.7. The van der Waals surface area contributed by atoms with Crippen LogP contribution in [0.1, 0.15) is 39.0 Å². The number of likely N-dealkylation sites (tertiary alicyclic amines) is 1. The number of fused-ring (bicyclic) bond motifs is 1. The van der Waals surface area contributed by atoms with E-state index in [-0.39, 0.29) is 22.9 Å². The van der Waals surface area contributed by atoms with Gasteiger partial charge in [0.2, 0.25) is 15.9 Å². The summed E-state index contributed by atoms with van der Waals surface area (Å²) < 4.78 is 33.8. The number of sulfonamides is 1. The van der Waals surface area contributed by atoms with Crippen LogP contribution in [-0.4, -0.2) is 54.3 Å². The third kappa shape index (κ3) is 3.98. The predicted octanol–water partition coefficient (Wildman–Crippen LogP) is 2.03. The predicted molar refractivity (Wildman–Crippen MR) is 108 cm³/mol. The van der Waals surface area contributed by atoms with E-state index in [1.165, 1.54) is 21.0 Å². The quantitative estimate of drug-likeness (QED) is 0.753. The third-order valence-corrected chi connectivity index (χ3v) is 7.79. The van der Waals surface area contributed by atoms with Gasteiger partial charge in [-0.1, -0.05) is 13.3 Å². The number of hydrogen-bond acceptors (Lipinski definition) is 5. The van der Waals surface area contributed by atoms with Crippen LogP contribution in [0.2, 0.25) is 0 Å². The molecule has 1 atom stereocenters. The van der Waals surface area contributed by atoms with Crippen LogP contribution in [0.3, 0.4) is 0 Å². The second-order valence-electron chi connectivity index (χ2n) is 8.14. The van der Waals surface area contributed by atoms with E-state index < -0.39 is 15.8 Å². The lowest BCUT2D eigenvalue weighted by molar-refractivity contribution is -0.133. The van der Waals surface area contributed by atoms with Crippen LogP contribution < -0.4 is 5.76 Å². The second-order valence-corrected chi connectivity index (χ2v) is 10.1. The molecule has 29 heavy (non-hydrogen) atoms. The number of carbonyl (C=O) groups is 1. The van der Waals surface area contributed by atoms with Gasteiger partial charge in [-0.05, 0) is 43.7 Å². The van der Waals surface area contributed by atoms with E-state index in [2.05, 4.69) is 6.92 Å². The topological polar surface area (TPSA) is 92.8 Å². The molecule has 0 radical (unpaired) electrons. The summed E-state index contributed by atoms with van der Waals surface area (Å²) in [6, 6.07) is 4.44. The molecule has 3 heterocycles. The fourth-order valence-electron chi connectivity index (χ4n) is 4.26. The molecule has 0 aliphatic carbocycles. The van der Waals surface area contributed by atoms with Crippen molar-refractivity contribution in [2.45, 2.75) is 50.5 Å². The van der Waals surface area contributed by atoms with Gasteiger partial charge in [0.25, 0.3) is 0 Å². The molecule has 0 spiro atoms. The summed E-state index contributed by atoms with van der Waals surface area (Å²) in [6.45, 7) is 4.43. The van der Waals surface area contributed by atoms with Crippen LogP contribution in [0.5, 0.6) is 0 Å². The molecule has 1 amide bonds. The Morgan fingerprint density at radius 2 is 1.90 bits per heavy atom. The van der Waals surface area contributed by atoms with Gasteiger partial charge in [-0.25, -0.2) is 13.2 Å². The molecular weight excluding hydrogens is 394 g/mol. The van der Waals surface area contributed by atoms with Crippen LogP contribution in [0.4, 0.5) is 0 Å². The van der Waals surface area contributed by atoms with E-state index in [1.54, 1.807) is 11.0 Å². The Morgan fingerprint density at radius 3 is 2.62 bits per heavy atom. The Morgan fingerprint density at radius 1 is 1.14 bits per heavy atom. The van der Waals surface area contributed by atoms with Gasteiger partial charge < -0.3 is 9.32 Å². The Labute approximate surface area is 170 Å². The highest BCUT2D eigenvalue weighted by molar-refractivity contribution is 7.89. The van der Waals surface area contributed by atoms with E-state index in [9.17, 15) is 18.0 Å². The maximum Gasteiger partial charge on any atom is 0.420 e. The fourth-order valence-corrected chi connectivity index (χ4v) is 5.80. The molecule has 2 aliphatic heterocycles. The minimum atomic E-state index is -3.62. The third-order valence-electron chi connectivity index (χ3n) is 5.90. The van der Waals surface area contributed by atoms with Gasteiger partial charge in [0.1, 0.15) is 6.54 Å². The maximum atomic E-state index is 12.9. The van der Waals surface area contributed by atoms with Gasteiger partial charge in [-0.3, -0.25) is 9.36 Å². The van der Waals surface area contributed by atoms with E-state index in [0.29, 0.717) is 37.6 Å². The normalized spacial score (nSPS) is 21.6. The molecule has 158 valence electrons. The van der Waals surface area contributed by atoms with Crippen LogP contribution in [0.25, 0.3) is 11.1 Å². The average molecular weight is 422 g/mol. The number of aromatic nitrogens is 1. The van der Waals surface area contributed by atoms with Crippen molar-refractivity contribution in [3.05, 3.63) is 28.7 Å². The Balaban J connectivity index is 1.60. The second kappa shape index (κ2) is 7.95. The maximum absolute atomic E-state index is 12.9. The van der Waals surface area contributed by atoms with E-state index in [4.69, 9.17) is 4.42 Å². The van der Waals surface area contributed by atoms with Crippen molar-refractivity contribution in [2.24, 2.45) is 5.92 Å². The number of piperidine rings is 2. The Kier molecular flexibility index (Phi) is 5.52. The molecule has 2 saturated heterocycles.